The minimum atomic E-state index is -1.21. The number of alkyl halides is 2. The van der Waals surface area contributed by atoms with Gasteiger partial charge in [0.25, 0.3) is 0 Å². The van der Waals surface area contributed by atoms with Crippen LogP contribution in [0.5, 0.6) is 0 Å². The van der Waals surface area contributed by atoms with Crippen molar-refractivity contribution in [2.75, 3.05) is 0 Å². The van der Waals surface area contributed by atoms with Crippen LogP contribution in [0.1, 0.15) is 51.9 Å². The van der Waals surface area contributed by atoms with Gasteiger partial charge in [-0.2, -0.15) is 0 Å². The molecular formula is C18H27F2NO. The van der Waals surface area contributed by atoms with Gasteiger partial charge in [0, 0.05) is 17.9 Å². The molecule has 4 aliphatic carbocycles. The fraction of sp³-hybridized carbons (Fsp3) is 0.889. The van der Waals surface area contributed by atoms with Crippen molar-refractivity contribution in [3.8, 4) is 0 Å². The molecule has 0 amide bonds. The third-order valence-electron chi connectivity index (χ3n) is 7.55. The molecule has 0 radical (unpaired) electrons. The summed E-state index contributed by atoms with van der Waals surface area (Å²) in [5, 5.41) is 9.86. The standard InChI is InChI=1S/C18H27F2NO/c1-17-6-7-18(20)12-5-3-11(22)8-10(12)2-4-13(18)14(17)9-15(19)16(17)21/h2,11-16,22H,3-9,21H2,1H3/t11?,12-,13-,14-,15?,16?,17-,18?/m0/s1. The highest BCUT2D eigenvalue weighted by Crippen LogP contribution is 2.64. The van der Waals surface area contributed by atoms with E-state index in [9.17, 15) is 9.50 Å². The summed E-state index contributed by atoms with van der Waals surface area (Å²) in [6.45, 7) is 2.07. The highest BCUT2D eigenvalue weighted by atomic mass is 19.1. The van der Waals surface area contributed by atoms with Crippen molar-refractivity contribution in [3.63, 3.8) is 0 Å². The molecule has 4 rings (SSSR count). The Balaban J connectivity index is 1.69. The van der Waals surface area contributed by atoms with E-state index >= 15 is 4.39 Å². The van der Waals surface area contributed by atoms with Crippen molar-refractivity contribution in [1.29, 1.82) is 0 Å². The number of allylic oxidation sites excluding steroid dienone is 1. The molecule has 2 nitrogen and oxygen atoms in total. The second kappa shape index (κ2) is 4.76. The van der Waals surface area contributed by atoms with Gasteiger partial charge in [0.1, 0.15) is 11.8 Å². The molecule has 0 aromatic heterocycles. The molecule has 3 N–H and O–H groups in total. The van der Waals surface area contributed by atoms with Crippen molar-refractivity contribution in [3.05, 3.63) is 11.6 Å². The topological polar surface area (TPSA) is 46.2 Å². The molecule has 3 fully saturated rings. The van der Waals surface area contributed by atoms with Crippen LogP contribution >= 0.6 is 0 Å². The fourth-order valence-electron chi connectivity index (χ4n) is 6.18. The van der Waals surface area contributed by atoms with Crippen LogP contribution < -0.4 is 5.73 Å². The molecule has 124 valence electrons. The van der Waals surface area contributed by atoms with Gasteiger partial charge in [-0.3, -0.25) is 0 Å². The highest BCUT2D eigenvalue weighted by Gasteiger charge is 2.64. The van der Waals surface area contributed by atoms with Crippen molar-refractivity contribution in [1.82, 2.24) is 0 Å². The van der Waals surface area contributed by atoms with Crippen LogP contribution in [0.15, 0.2) is 11.6 Å². The van der Waals surface area contributed by atoms with Crippen molar-refractivity contribution < 1.29 is 13.9 Å². The number of halogens is 2. The van der Waals surface area contributed by atoms with E-state index in [-0.39, 0.29) is 29.3 Å². The molecule has 3 saturated carbocycles. The van der Waals surface area contributed by atoms with Gasteiger partial charge in [-0.1, -0.05) is 18.6 Å². The lowest BCUT2D eigenvalue weighted by Crippen LogP contribution is -2.57. The number of rotatable bonds is 0. The molecule has 22 heavy (non-hydrogen) atoms. The Bertz CT molecular complexity index is 509. The van der Waals surface area contributed by atoms with Gasteiger partial charge in [-0.15, -0.1) is 0 Å². The molecular weight excluding hydrogens is 284 g/mol. The lowest BCUT2D eigenvalue weighted by molar-refractivity contribution is -0.0985. The Labute approximate surface area is 131 Å². The smallest absolute Gasteiger partial charge is 0.121 e. The van der Waals surface area contributed by atoms with E-state index in [1.54, 1.807) is 0 Å². The number of aliphatic hydroxyl groups is 1. The maximum absolute atomic E-state index is 16.1. The number of aliphatic hydroxyl groups excluding tert-OH is 1. The molecule has 0 saturated heterocycles. The van der Waals surface area contributed by atoms with E-state index in [0.717, 1.165) is 12.0 Å². The van der Waals surface area contributed by atoms with Crippen LogP contribution in [0.3, 0.4) is 0 Å². The van der Waals surface area contributed by atoms with Crippen LogP contribution in [0.25, 0.3) is 0 Å². The number of hydrogen-bond acceptors (Lipinski definition) is 2. The number of hydrogen-bond donors (Lipinski definition) is 2. The minimum absolute atomic E-state index is 0.0564. The maximum atomic E-state index is 16.1. The van der Waals surface area contributed by atoms with E-state index in [1.807, 2.05) is 0 Å². The van der Waals surface area contributed by atoms with Crippen molar-refractivity contribution >= 4 is 0 Å². The second-order valence-corrected chi connectivity index (χ2v) is 8.43. The second-order valence-electron chi connectivity index (χ2n) is 8.43. The van der Waals surface area contributed by atoms with Crippen molar-refractivity contribution in [2.45, 2.75) is 75.9 Å². The van der Waals surface area contributed by atoms with Crippen molar-refractivity contribution in [2.24, 2.45) is 28.9 Å². The van der Waals surface area contributed by atoms with E-state index in [4.69, 9.17) is 5.73 Å². The molecule has 0 heterocycles. The van der Waals surface area contributed by atoms with Crippen LogP contribution in [-0.2, 0) is 0 Å². The Morgan fingerprint density at radius 3 is 2.82 bits per heavy atom. The van der Waals surface area contributed by atoms with Crippen LogP contribution in [0, 0.1) is 23.2 Å². The predicted molar refractivity (Wildman–Crippen MR) is 81.7 cm³/mol. The minimum Gasteiger partial charge on any atom is -0.393 e. The normalized spacial score (nSPS) is 57.6. The summed E-state index contributed by atoms with van der Waals surface area (Å²) in [7, 11) is 0. The zero-order valence-electron chi connectivity index (χ0n) is 13.3. The van der Waals surface area contributed by atoms with Gasteiger partial charge in [0.15, 0.2) is 0 Å². The van der Waals surface area contributed by atoms with Gasteiger partial charge in [-0.25, -0.2) is 8.78 Å². The average Bonchev–Trinajstić information content (AvgIpc) is 2.71. The van der Waals surface area contributed by atoms with E-state index in [0.29, 0.717) is 38.5 Å². The Kier molecular flexibility index (Phi) is 3.26. The predicted octanol–water partition coefficient (Wildman–Crippen LogP) is 3.29. The van der Waals surface area contributed by atoms with Crippen LogP contribution in [0.4, 0.5) is 8.78 Å². The molecule has 0 aliphatic heterocycles. The van der Waals surface area contributed by atoms with Crippen LogP contribution in [0.2, 0.25) is 0 Å². The summed E-state index contributed by atoms with van der Waals surface area (Å²) in [4.78, 5) is 0. The van der Waals surface area contributed by atoms with Gasteiger partial charge < -0.3 is 10.8 Å². The molecule has 0 aromatic rings. The van der Waals surface area contributed by atoms with Gasteiger partial charge >= 0.3 is 0 Å². The molecule has 8 atom stereocenters. The Morgan fingerprint density at radius 2 is 2.05 bits per heavy atom. The lowest BCUT2D eigenvalue weighted by atomic mass is 9.51. The largest absolute Gasteiger partial charge is 0.393 e. The maximum Gasteiger partial charge on any atom is 0.121 e. The molecule has 0 spiro atoms. The quantitative estimate of drug-likeness (QED) is 0.674. The monoisotopic (exact) mass is 311 g/mol. The SMILES string of the molecule is C[C@]12CCC3(F)[C@H]4CCC(O)CC4=CC[C@H]3[C@@H]1CC(F)C2N. The van der Waals surface area contributed by atoms with Gasteiger partial charge in [-0.05, 0) is 56.3 Å². The third kappa shape index (κ3) is 1.83. The molecule has 0 bridgehead atoms. The molecule has 0 aromatic carbocycles. The van der Waals surface area contributed by atoms with E-state index in [2.05, 4.69) is 13.0 Å². The molecule has 4 aliphatic rings. The van der Waals surface area contributed by atoms with Gasteiger partial charge in [0.2, 0.25) is 0 Å². The first-order valence-corrected chi connectivity index (χ1v) is 8.82. The Morgan fingerprint density at radius 1 is 1.27 bits per heavy atom. The average molecular weight is 311 g/mol. The summed E-state index contributed by atoms with van der Waals surface area (Å²) in [5.74, 6) is -0.1000. The summed E-state index contributed by atoms with van der Waals surface area (Å²) in [6, 6.07) is -0.444. The van der Waals surface area contributed by atoms with E-state index in [1.165, 1.54) is 0 Å². The molecule has 4 unspecified atom stereocenters. The summed E-state index contributed by atoms with van der Waals surface area (Å²) in [6.07, 6.45) is 5.20. The molecule has 4 heteroatoms. The number of fused-ring (bicyclic) bond motifs is 5. The zero-order valence-corrected chi connectivity index (χ0v) is 13.3. The first-order valence-electron chi connectivity index (χ1n) is 8.82. The summed E-state index contributed by atoms with van der Waals surface area (Å²) >= 11 is 0. The third-order valence-corrected chi connectivity index (χ3v) is 7.55. The summed E-state index contributed by atoms with van der Waals surface area (Å²) < 4.78 is 30.3. The zero-order chi connectivity index (χ0) is 15.7. The Hall–Kier alpha value is -0.480. The number of nitrogens with two attached hydrogens (primary N) is 1. The van der Waals surface area contributed by atoms with E-state index < -0.39 is 17.9 Å². The van der Waals surface area contributed by atoms with Gasteiger partial charge in [0.05, 0.1) is 6.10 Å². The fourth-order valence-corrected chi connectivity index (χ4v) is 6.18. The lowest BCUT2D eigenvalue weighted by Gasteiger charge is -2.56. The first kappa shape index (κ1) is 15.1. The highest BCUT2D eigenvalue weighted by molar-refractivity contribution is 5.26. The van der Waals surface area contributed by atoms with Crippen LogP contribution in [-0.4, -0.2) is 29.1 Å². The summed E-state index contributed by atoms with van der Waals surface area (Å²) in [5.41, 5.74) is 5.79. The first-order chi connectivity index (χ1) is 10.4.